The first-order chi connectivity index (χ1) is 14.5. The number of fused-ring (bicyclic) bond motifs is 1. The standard InChI is InChI=1S/C22H27N5O3/c1-3-20(28)27-8-6-17(12-19(27)23)26-9-10-30-18-11-16(13-24-21(18)26)22(29)25-7-4-5-15(2)14-25/h6,8,11-13,15,23H,3-5,7,9-10,14H2,1-2H3/t15-/m1/s1. The van der Waals surface area contributed by atoms with Gasteiger partial charge in [0.15, 0.2) is 11.6 Å². The lowest BCUT2D eigenvalue weighted by atomic mass is 10.00. The van der Waals surface area contributed by atoms with Crippen molar-refractivity contribution in [2.45, 2.75) is 33.1 Å². The van der Waals surface area contributed by atoms with E-state index >= 15 is 0 Å². The first-order valence-corrected chi connectivity index (χ1v) is 10.5. The van der Waals surface area contributed by atoms with E-state index in [0.29, 0.717) is 42.6 Å². The maximum Gasteiger partial charge on any atom is 0.255 e. The highest BCUT2D eigenvalue weighted by molar-refractivity contribution is 5.95. The lowest BCUT2D eigenvalue weighted by molar-refractivity contribution is 0.0682. The normalized spacial score (nSPS) is 18.5. The summed E-state index contributed by atoms with van der Waals surface area (Å²) >= 11 is 0. The maximum atomic E-state index is 12.9. The Kier molecular flexibility index (Phi) is 5.57. The van der Waals surface area contributed by atoms with Gasteiger partial charge in [0, 0.05) is 43.7 Å². The molecular formula is C22H27N5O3. The highest BCUT2D eigenvalue weighted by Crippen LogP contribution is 2.35. The number of rotatable bonds is 3. The summed E-state index contributed by atoms with van der Waals surface area (Å²) in [6, 6.07) is 5.22. The van der Waals surface area contributed by atoms with Crippen LogP contribution in [0.3, 0.4) is 0 Å². The zero-order valence-corrected chi connectivity index (χ0v) is 17.4. The molecule has 2 aliphatic heterocycles. The van der Waals surface area contributed by atoms with Crippen LogP contribution < -0.4 is 15.1 Å². The SMILES string of the molecule is CCC(=O)n1ccc(N2CCOc3cc(C(=O)N4CCC[C@@H](C)C4)cnc32)cc1=N. The number of pyridine rings is 2. The van der Waals surface area contributed by atoms with Gasteiger partial charge >= 0.3 is 0 Å². The Morgan fingerprint density at radius 2 is 2.13 bits per heavy atom. The van der Waals surface area contributed by atoms with Crippen molar-refractivity contribution in [3.8, 4) is 5.75 Å². The number of nitrogens with zero attached hydrogens (tertiary/aromatic N) is 4. The van der Waals surface area contributed by atoms with E-state index in [0.717, 1.165) is 31.6 Å². The van der Waals surface area contributed by atoms with Gasteiger partial charge in [-0.3, -0.25) is 19.6 Å². The minimum Gasteiger partial charge on any atom is -0.488 e. The van der Waals surface area contributed by atoms with Crippen LogP contribution in [0, 0.1) is 11.3 Å². The Labute approximate surface area is 175 Å². The van der Waals surface area contributed by atoms with Gasteiger partial charge in [0.25, 0.3) is 5.91 Å². The molecule has 0 aliphatic carbocycles. The number of hydrogen-bond donors (Lipinski definition) is 1. The van der Waals surface area contributed by atoms with Crippen molar-refractivity contribution in [3.05, 3.63) is 41.6 Å². The number of likely N-dealkylation sites (tertiary alicyclic amines) is 1. The van der Waals surface area contributed by atoms with E-state index in [1.54, 1.807) is 37.5 Å². The van der Waals surface area contributed by atoms with Crippen LogP contribution in [-0.4, -0.2) is 52.5 Å². The van der Waals surface area contributed by atoms with Crippen LogP contribution in [0.1, 0.15) is 48.3 Å². The molecule has 158 valence electrons. The molecule has 30 heavy (non-hydrogen) atoms. The maximum absolute atomic E-state index is 12.9. The molecule has 1 amide bonds. The second-order valence-electron chi connectivity index (χ2n) is 7.93. The molecule has 1 N–H and O–H groups in total. The van der Waals surface area contributed by atoms with Gasteiger partial charge in [-0.2, -0.15) is 0 Å². The van der Waals surface area contributed by atoms with Gasteiger partial charge in [0.05, 0.1) is 12.1 Å². The monoisotopic (exact) mass is 409 g/mol. The van der Waals surface area contributed by atoms with Crippen LogP contribution in [0.5, 0.6) is 5.75 Å². The highest BCUT2D eigenvalue weighted by atomic mass is 16.5. The van der Waals surface area contributed by atoms with Crippen LogP contribution in [0.25, 0.3) is 0 Å². The van der Waals surface area contributed by atoms with Gasteiger partial charge in [0.2, 0.25) is 5.91 Å². The zero-order chi connectivity index (χ0) is 21.3. The van der Waals surface area contributed by atoms with Gasteiger partial charge < -0.3 is 14.5 Å². The van der Waals surface area contributed by atoms with Crippen molar-refractivity contribution in [1.29, 1.82) is 5.41 Å². The zero-order valence-electron chi connectivity index (χ0n) is 17.4. The van der Waals surface area contributed by atoms with Crippen molar-refractivity contribution < 1.29 is 14.3 Å². The summed E-state index contributed by atoms with van der Waals surface area (Å²) in [6.45, 7) is 6.51. The number of aromatic nitrogens is 2. The van der Waals surface area contributed by atoms with Crippen molar-refractivity contribution in [3.63, 3.8) is 0 Å². The fourth-order valence-corrected chi connectivity index (χ4v) is 4.07. The number of ether oxygens (including phenoxy) is 1. The molecule has 1 saturated heterocycles. The molecule has 0 saturated carbocycles. The Bertz CT molecular complexity index is 1030. The Balaban J connectivity index is 1.61. The molecule has 2 aromatic heterocycles. The van der Waals surface area contributed by atoms with E-state index in [-0.39, 0.29) is 17.3 Å². The average Bonchev–Trinajstić information content (AvgIpc) is 2.77. The smallest absolute Gasteiger partial charge is 0.255 e. The molecular weight excluding hydrogens is 382 g/mol. The topological polar surface area (TPSA) is 91.5 Å². The minimum absolute atomic E-state index is 0.00940. The molecule has 1 fully saturated rings. The Hall–Kier alpha value is -3.16. The van der Waals surface area contributed by atoms with Crippen LogP contribution in [-0.2, 0) is 0 Å². The summed E-state index contributed by atoms with van der Waals surface area (Å²) in [6.07, 6.45) is 5.74. The van der Waals surface area contributed by atoms with E-state index in [4.69, 9.17) is 10.1 Å². The fraction of sp³-hybridized carbons (Fsp3) is 0.455. The van der Waals surface area contributed by atoms with Crippen molar-refractivity contribution in [2.24, 2.45) is 5.92 Å². The Morgan fingerprint density at radius 1 is 1.30 bits per heavy atom. The first kappa shape index (κ1) is 20.1. The largest absolute Gasteiger partial charge is 0.488 e. The number of nitrogens with one attached hydrogen (secondary N) is 1. The third kappa shape index (κ3) is 3.81. The molecule has 0 unspecified atom stereocenters. The van der Waals surface area contributed by atoms with Gasteiger partial charge in [-0.15, -0.1) is 0 Å². The number of carbonyl (C=O) groups excluding carboxylic acids is 2. The van der Waals surface area contributed by atoms with Crippen LogP contribution in [0.4, 0.5) is 11.5 Å². The van der Waals surface area contributed by atoms with Crippen molar-refractivity contribution in [1.82, 2.24) is 14.5 Å². The van der Waals surface area contributed by atoms with Crippen LogP contribution in [0.15, 0.2) is 30.6 Å². The summed E-state index contributed by atoms with van der Waals surface area (Å²) in [5.41, 5.74) is 1.42. The lowest BCUT2D eigenvalue weighted by Gasteiger charge is -2.32. The summed E-state index contributed by atoms with van der Waals surface area (Å²) < 4.78 is 7.14. The quantitative estimate of drug-likeness (QED) is 0.842. The molecule has 2 aromatic rings. The molecule has 2 aliphatic rings. The van der Waals surface area contributed by atoms with Gasteiger partial charge in [-0.1, -0.05) is 13.8 Å². The average molecular weight is 409 g/mol. The molecule has 1 atom stereocenters. The molecule has 0 aromatic carbocycles. The van der Waals surface area contributed by atoms with Crippen LogP contribution in [0.2, 0.25) is 0 Å². The Morgan fingerprint density at radius 3 is 2.87 bits per heavy atom. The summed E-state index contributed by atoms with van der Waals surface area (Å²) in [5, 5.41) is 8.18. The van der Waals surface area contributed by atoms with E-state index in [2.05, 4.69) is 11.9 Å². The number of piperidine rings is 1. The number of anilines is 2. The summed E-state index contributed by atoms with van der Waals surface area (Å²) in [4.78, 5) is 33.2. The first-order valence-electron chi connectivity index (χ1n) is 10.5. The molecule has 0 spiro atoms. The fourth-order valence-electron chi connectivity index (χ4n) is 4.07. The molecule has 0 bridgehead atoms. The summed E-state index contributed by atoms with van der Waals surface area (Å²) in [7, 11) is 0. The summed E-state index contributed by atoms with van der Waals surface area (Å²) in [5.74, 6) is 1.56. The molecule has 8 heteroatoms. The number of amides is 1. The van der Waals surface area contributed by atoms with E-state index < -0.39 is 0 Å². The predicted molar refractivity (Wildman–Crippen MR) is 112 cm³/mol. The third-order valence-corrected chi connectivity index (χ3v) is 5.67. The van der Waals surface area contributed by atoms with E-state index in [1.807, 2.05) is 9.80 Å². The molecule has 0 radical (unpaired) electrons. The van der Waals surface area contributed by atoms with E-state index in [9.17, 15) is 9.59 Å². The molecule has 8 nitrogen and oxygen atoms in total. The van der Waals surface area contributed by atoms with Gasteiger partial charge in [-0.05, 0) is 30.9 Å². The number of carbonyl (C=O) groups is 2. The third-order valence-electron chi connectivity index (χ3n) is 5.67. The minimum atomic E-state index is -0.123. The highest BCUT2D eigenvalue weighted by Gasteiger charge is 2.26. The van der Waals surface area contributed by atoms with Gasteiger partial charge in [0.1, 0.15) is 12.1 Å². The second kappa shape index (κ2) is 8.30. The predicted octanol–water partition coefficient (Wildman–Crippen LogP) is 2.82. The number of hydrogen-bond acceptors (Lipinski definition) is 6. The van der Waals surface area contributed by atoms with Crippen molar-refractivity contribution >= 4 is 23.3 Å². The van der Waals surface area contributed by atoms with Crippen LogP contribution >= 0.6 is 0 Å². The molecule has 4 heterocycles. The lowest BCUT2D eigenvalue weighted by Crippen LogP contribution is -2.39. The second-order valence-corrected chi connectivity index (χ2v) is 7.93. The van der Waals surface area contributed by atoms with Crippen molar-refractivity contribution in [2.75, 3.05) is 31.1 Å². The van der Waals surface area contributed by atoms with E-state index in [1.165, 1.54) is 4.57 Å². The molecule has 4 rings (SSSR count). The van der Waals surface area contributed by atoms with Gasteiger partial charge in [-0.25, -0.2) is 4.98 Å².